The molecule has 0 unspecified atom stereocenters. The quantitative estimate of drug-likeness (QED) is 0.381. The van der Waals surface area contributed by atoms with Crippen molar-refractivity contribution < 1.29 is 19.1 Å². The van der Waals surface area contributed by atoms with Crippen LogP contribution in [0.2, 0.25) is 0 Å². The van der Waals surface area contributed by atoms with Crippen LogP contribution in [0, 0.1) is 46.3 Å². The predicted octanol–water partition coefficient (Wildman–Crippen LogP) is 6.11. The lowest BCUT2D eigenvalue weighted by molar-refractivity contribution is -0.189. The monoisotopic (exact) mass is 442 g/mol. The lowest BCUT2D eigenvalue weighted by Gasteiger charge is -2.53. The van der Waals surface area contributed by atoms with E-state index in [1.54, 1.807) is 6.08 Å². The van der Waals surface area contributed by atoms with Crippen LogP contribution in [0.15, 0.2) is 24.0 Å². The van der Waals surface area contributed by atoms with Gasteiger partial charge in [-0.1, -0.05) is 53.7 Å². The van der Waals surface area contributed by atoms with Gasteiger partial charge in [0.1, 0.15) is 5.76 Å². The van der Waals surface area contributed by atoms with Gasteiger partial charge in [-0.2, -0.15) is 0 Å². The van der Waals surface area contributed by atoms with Crippen LogP contribution in [-0.4, -0.2) is 24.5 Å². The van der Waals surface area contributed by atoms with E-state index in [2.05, 4.69) is 53.7 Å². The molecule has 1 heterocycles. The number of fused-ring (bicyclic) bond motifs is 5. The van der Waals surface area contributed by atoms with Gasteiger partial charge in [0.25, 0.3) is 0 Å². The van der Waals surface area contributed by atoms with Gasteiger partial charge in [0, 0.05) is 29.7 Å². The number of ketones is 1. The summed E-state index contributed by atoms with van der Waals surface area (Å²) < 4.78 is 12.1. The number of esters is 1. The van der Waals surface area contributed by atoms with Crippen LogP contribution in [0.5, 0.6) is 0 Å². The molecule has 4 nitrogen and oxygen atoms in total. The second-order valence-electron chi connectivity index (χ2n) is 12.0. The van der Waals surface area contributed by atoms with E-state index in [1.807, 2.05) is 0 Å². The number of allylic oxidation sites excluding steroid dienone is 4. The van der Waals surface area contributed by atoms with E-state index in [9.17, 15) is 9.59 Å². The molecule has 0 radical (unpaired) electrons. The molecule has 1 aliphatic heterocycles. The van der Waals surface area contributed by atoms with Crippen molar-refractivity contribution in [2.75, 3.05) is 7.11 Å². The maximum Gasteiger partial charge on any atom is 0.350 e. The third-order valence-electron chi connectivity index (χ3n) is 10.1. The molecule has 4 heteroatoms. The van der Waals surface area contributed by atoms with Crippen molar-refractivity contribution in [2.24, 2.45) is 46.3 Å². The summed E-state index contributed by atoms with van der Waals surface area (Å²) in [5, 5.41) is 0. The van der Waals surface area contributed by atoms with Crippen LogP contribution < -0.4 is 0 Å². The van der Waals surface area contributed by atoms with E-state index in [0.717, 1.165) is 37.9 Å². The highest BCUT2D eigenvalue weighted by Gasteiger charge is 2.74. The number of hydrogen-bond acceptors (Lipinski definition) is 4. The largest absolute Gasteiger partial charge is 0.479 e. The summed E-state index contributed by atoms with van der Waals surface area (Å²) in [4.78, 5) is 25.7. The Morgan fingerprint density at radius 3 is 2.47 bits per heavy atom. The van der Waals surface area contributed by atoms with Crippen LogP contribution in [0.3, 0.4) is 0 Å². The highest BCUT2D eigenvalue weighted by Crippen LogP contribution is 2.71. The summed E-state index contributed by atoms with van der Waals surface area (Å²) in [6.07, 6.45) is 11.9. The molecular formula is C28H42O4. The van der Waals surface area contributed by atoms with Gasteiger partial charge < -0.3 is 9.47 Å². The summed E-state index contributed by atoms with van der Waals surface area (Å²) in [6.45, 7) is 13.8. The lowest BCUT2D eigenvalue weighted by atomic mass is 9.50. The SMILES string of the molecule is COC(=O)[C@]12OC3=CC(=O)CC[C@]3(C)[C@H]1CC[C@]1(C)[C@@H]([C@H](C)/C=C/[C@H](C)C(C)C)CC[C@H]12. The van der Waals surface area contributed by atoms with E-state index in [-0.39, 0.29) is 34.4 Å². The minimum atomic E-state index is -0.962. The Kier molecular flexibility index (Phi) is 5.91. The van der Waals surface area contributed by atoms with Gasteiger partial charge in [-0.15, -0.1) is 0 Å². The summed E-state index contributed by atoms with van der Waals surface area (Å²) in [7, 11) is 1.48. The molecule has 8 atom stereocenters. The average molecular weight is 443 g/mol. The summed E-state index contributed by atoms with van der Waals surface area (Å²) in [5.74, 6) is 2.96. The zero-order valence-electron chi connectivity index (χ0n) is 21.1. The maximum absolute atomic E-state index is 13.5. The normalized spacial score (nSPS) is 42.7. The fourth-order valence-electron chi connectivity index (χ4n) is 7.79. The molecule has 0 aromatic heterocycles. The average Bonchev–Trinajstić information content (AvgIpc) is 3.23. The second-order valence-corrected chi connectivity index (χ2v) is 12.0. The molecule has 0 aromatic carbocycles. The Morgan fingerprint density at radius 1 is 1.09 bits per heavy atom. The first-order chi connectivity index (χ1) is 15.0. The molecule has 178 valence electrons. The fraction of sp³-hybridized carbons (Fsp3) is 0.786. The van der Waals surface area contributed by atoms with Gasteiger partial charge in [-0.25, -0.2) is 4.79 Å². The van der Waals surface area contributed by atoms with E-state index < -0.39 is 5.60 Å². The molecule has 0 N–H and O–H groups in total. The van der Waals surface area contributed by atoms with E-state index in [4.69, 9.17) is 9.47 Å². The van der Waals surface area contributed by atoms with Gasteiger partial charge in [0.15, 0.2) is 5.78 Å². The van der Waals surface area contributed by atoms with Crippen molar-refractivity contribution >= 4 is 11.8 Å². The highest BCUT2D eigenvalue weighted by molar-refractivity contribution is 5.92. The Bertz CT molecular complexity index is 840. The molecule has 32 heavy (non-hydrogen) atoms. The van der Waals surface area contributed by atoms with Crippen LogP contribution >= 0.6 is 0 Å². The topological polar surface area (TPSA) is 52.6 Å². The van der Waals surface area contributed by atoms with E-state index >= 15 is 0 Å². The minimum absolute atomic E-state index is 0.0178. The van der Waals surface area contributed by atoms with E-state index in [0.29, 0.717) is 30.1 Å². The van der Waals surface area contributed by atoms with Crippen molar-refractivity contribution in [3.05, 3.63) is 24.0 Å². The van der Waals surface area contributed by atoms with Crippen molar-refractivity contribution in [3.8, 4) is 0 Å². The molecule has 4 rings (SSSR count). The Balaban J connectivity index is 1.70. The molecule has 2 saturated carbocycles. The predicted molar refractivity (Wildman–Crippen MR) is 126 cm³/mol. The molecular weight excluding hydrogens is 400 g/mol. The van der Waals surface area contributed by atoms with Crippen molar-refractivity contribution in [3.63, 3.8) is 0 Å². The van der Waals surface area contributed by atoms with Gasteiger partial charge in [0.05, 0.1) is 7.11 Å². The van der Waals surface area contributed by atoms with Crippen molar-refractivity contribution in [2.45, 2.75) is 85.7 Å². The standard InChI is InChI=1S/C28H42O4/c1-17(2)18(3)8-9-19(4)21-10-11-22-26(21,5)15-13-23-27(6)14-12-20(29)16-24(27)32-28(22,23)25(30)31-7/h8-9,16-19,21-23H,10-15H2,1-7H3/b9-8+/t18-,19+,21+,22+,23+,26+,27+,28+/m0/s1. The summed E-state index contributed by atoms with van der Waals surface area (Å²) >= 11 is 0. The second kappa shape index (κ2) is 8.02. The molecule has 0 aromatic rings. The number of methoxy groups -OCH3 is 1. The first-order valence-corrected chi connectivity index (χ1v) is 12.7. The summed E-state index contributed by atoms with van der Waals surface area (Å²) in [5.41, 5.74) is -1.19. The van der Waals surface area contributed by atoms with E-state index in [1.165, 1.54) is 7.11 Å². The van der Waals surface area contributed by atoms with Crippen LogP contribution in [0.1, 0.15) is 80.1 Å². The first kappa shape index (κ1) is 23.6. The zero-order chi connectivity index (χ0) is 23.5. The first-order valence-electron chi connectivity index (χ1n) is 12.7. The number of rotatable bonds is 5. The lowest BCUT2D eigenvalue weighted by Crippen LogP contribution is -2.60. The molecule has 0 spiro atoms. The number of ether oxygens (including phenoxy) is 2. The third-order valence-corrected chi connectivity index (χ3v) is 10.1. The van der Waals surface area contributed by atoms with Crippen LogP contribution in [-0.2, 0) is 19.1 Å². The van der Waals surface area contributed by atoms with Gasteiger partial charge >= 0.3 is 5.97 Å². The zero-order valence-corrected chi connectivity index (χ0v) is 21.1. The summed E-state index contributed by atoms with van der Waals surface area (Å²) in [6, 6.07) is 0. The maximum atomic E-state index is 13.5. The smallest absolute Gasteiger partial charge is 0.350 e. The van der Waals surface area contributed by atoms with Gasteiger partial charge in [-0.3, -0.25) is 4.79 Å². The number of carbonyl (C=O) groups excluding carboxylic acids is 2. The molecule has 0 bridgehead atoms. The van der Waals surface area contributed by atoms with Crippen LogP contribution in [0.25, 0.3) is 0 Å². The molecule has 4 aliphatic rings. The number of hydrogen-bond donors (Lipinski definition) is 0. The molecule has 3 fully saturated rings. The third kappa shape index (κ3) is 3.22. The highest BCUT2D eigenvalue weighted by atomic mass is 16.6. The Morgan fingerprint density at radius 2 is 1.81 bits per heavy atom. The minimum Gasteiger partial charge on any atom is -0.479 e. The molecule has 3 aliphatic carbocycles. The molecule has 0 amide bonds. The van der Waals surface area contributed by atoms with Crippen LogP contribution in [0.4, 0.5) is 0 Å². The van der Waals surface area contributed by atoms with Crippen molar-refractivity contribution in [1.82, 2.24) is 0 Å². The Hall–Kier alpha value is -1.58. The number of carbonyl (C=O) groups is 2. The van der Waals surface area contributed by atoms with Gasteiger partial charge in [0.2, 0.25) is 5.60 Å². The fourth-order valence-corrected chi connectivity index (χ4v) is 7.79. The van der Waals surface area contributed by atoms with Crippen molar-refractivity contribution in [1.29, 1.82) is 0 Å². The Labute approximate surface area is 194 Å². The van der Waals surface area contributed by atoms with Gasteiger partial charge in [-0.05, 0) is 61.2 Å². The molecule has 1 saturated heterocycles.